The van der Waals surface area contributed by atoms with Gasteiger partial charge >= 0.3 is 5.97 Å². The Morgan fingerprint density at radius 1 is 1.45 bits per heavy atom. The monoisotopic (exact) mass is 302 g/mol. The molecule has 2 aliphatic rings. The molecule has 1 aromatic carbocycles. The Morgan fingerprint density at radius 2 is 2.18 bits per heavy atom. The van der Waals surface area contributed by atoms with Crippen LogP contribution in [0, 0.1) is 30.1 Å². The zero-order valence-corrected chi connectivity index (χ0v) is 13.3. The van der Waals surface area contributed by atoms with Crippen molar-refractivity contribution in [3.05, 3.63) is 29.3 Å². The molecule has 2 aliphatic carbocycles. The zero-order chi connectivity index (χ0) is 16.1. The third-order valence-corrected chi connectivity index (χ3v) is 5.68. The fourth-order valence-corrected chi connectivity index (χ4v) is 4.45. The van der Waals surface area contributed by atoms with E-state index in [-0.39, 0.29) is 23.5 Å². The lowest BCUT2D eigenvalue weighted by molar-refractivity contribution is -0.147. The fourth-order valence-electron chi connectivity index (χ4n) is 4.45. The largest absolute Gasteiger partial charge is 0.496 e. The zero-order valence-electron chi connectivity index (χ0n) is 13.3. The highest BCUT2D eigenvalue weighted by atomic mass is 16.5. The number of methoxy groups -OCH3 is 1. The Morgan fingerprint density at radius 3 is 2.64 bits per heavy atom. The number of ketones is 1. The van der Waals surface area contributed by atoms with Crippen molar-refractivity contribution in [2.24, 2.45) is 23.2 Å². The molecule has 0 aromatic heterocycles. The summed E-state index contributed by atoms with van der Waals surface area (Å²) in [7, 11) is 1.65. The van der Waals surface area contributed by atoms with Crippen LogP contribution in [0.1, 0.15) is 30.9 Å². The maximum atomic E-state index is 12.6. The van der Waals surface area contributed by atoms with Crippen LogP contribution < -0.4 is 4.74 Å². The van der Waals surface area contributed by atoms with Gasteiger partial charge in [-0.3, -0.25) is 9.59 Å². The highest BCUT2D eigenvalue weighted by Crippen LogP contribution is 2.69. The van der Waals surface area contributed by atoms with E-state index in [4.69, 9.17) is 4.74 Å². The van der Waals surface area contributed by atoms with E-state index in [2.05, 4.69) is 6.07 Å². The summed E-state index contributed by atoms with van der Waals surface area (Å²) >= 11 is 0. The van der Waals surface area contributed by atoms with Crippen LogP contribution in [0.15, 0.2) is 18.2 Å². The molecule has 4 nitrogen and oxygen atoms in total. The Hall–Kier alpha value is -1.84. The van der Waals surface area contributed by atoms with Gasteiger partial charge in [0, 0.05) is 11.8 Å². The van der Waals surface area contributed by atoms with Crippen LogP contribution in [0.2, 0.25) is 0 Å². The SMILES string of the molecule is CCC1(C(=O)O)C2CC(Cc3ccc(OC)c(C)c3)C(=O)C21. The lowest BCUT2D eigenvalue weighted by Gasteiger charge is -2.19. The highest BCUT2D eigenvalue weighted by Gasteiger charge is 2.75. The minimum Gasteiger partial charge on any atom is -0.496 e. The predicted molar refractivity (Wildman–Crippen MR) is 81.9 cm³/mol. The lowest BCUT2D eigenvalue weighted by Crippen LogP contribution is -2.27. The summed E-state index contributed by atoms with van der Waals surface area (Å²) in [5.41, 5.74) is 1.42. The number of hydrogen-bond acceptors (Lipinski definition) is 3. The molecule has 22 heavy (non-hydrogen) atoms. The van der Waals surface area contributed by atoms with Crippen molar-refractivity contribution >= 4 is 11.8 Å². The van der Waals surface area contributed by atoms with E-state index in [1.54, 1.807) is 7.11 Å². The number of aliphatic carboxylic acids is 1. The van der Waals surface area contributed by atoms with Gasteiger partial charge in [-0.25, -0.2) is 0 Å². The Bertz CT molecular complexity index is 636. The topological polar surface area (TPSA) is 63.6 Å². The van der Waals surface area contributed by atoms with Gasteiger partial charge in [0.25, 0.3) is 0 Å². The molecule has 0 amide bonds. The van der Waals surface area contributed by atoms with Crippen LogP contribution >= 0.6 is 0 Å². The summed E-state index contributed by atoms with van der Waals surface area (Å²) in [6.45, 7) is 3.87. The second-order valence-corrected chi connectivity index (χ2v) is 6.63. The van der Waals surface area contributed by atoms with Crippen molar-refractivity contribution in [1.82, 2.24) is 0 Å². The van der Waals surface area contributed by atoms with Crippen molar-refractivity contribution < 1.29 is 19.4 Å². The molecule has 0 saturated heterocycles. The number of rotatable bonds is 5. The van der Waals surface area contributed by atoms with Crippen LogP contribution in [0.3, 0.4) is 0 Å². The molecule has 1 N–H and O–H groups in total. The average Bonchev–Trinajstić information content (AvgIpc) is 3.03. The molecular weight excluding hydrogens is 280 g/mol. The molecule has 2 fully saturated rings. The molecule has 4 atom stereocenters. The molecule has 0 aliphatic heterocycles. The first-order chi connectivity index (χ1) is 10.5. The molecule has 2 saturated carbocycles. The van der Waals surface area contributed by atoms with Gasteiger partial charge < -0.3 is 9.84 Å². The summed E-state index contributed by atoms with van der Waals surface area (Å²) in [5, 5.41) is 9.43. The van der Waals surface area contributed by atoms with E-state index in [9.17, 15) is 14.7 Å². The van der Waals surface area contributed by atoms with Gasteiger partial charge in [0.2, 0.25) is 0 Å². The number of fused-ring (bicyclic) bond motifs is 1. The van der Waals surface area contributed by atoms with Gasteiger partial charge in [0.15, 0.2) is 0 Å². The summed E-state index contributed by atoms with van der Waals surface area (Å²) in [4.78, 5) is 24.0. The van der Waals surface area contributed by atoms with Crippen LogP contribution in [0.25, 0.3) is 0 Å². The molecule has 3 rings (SSSR count). The van der Waals surface area contributed by atoms with E-state index in [0.717, 1.165) is 16.9 Å². The van der Waals surface area contributed by atoms with E-state index in [1.807, 2.05) is 26.0 Å². The van der Waals surface area contributed by atoms with Crippen molar-refractivity contribution in [1.29, 1.82) is 0 Å². The van der Waals surface area contributed by atoms with Crippen LogP contribution in [0.5, 0.6) is 5.75 Å². The van der Waals surface area contributed by atoms with Crippen molar-refractivity contribution in [3.63, 3.8) is 0 Å². The first kappa shape index (κ1) is 15.1. The molecule has 1 aromatic rings. The van der Waals surface area contributed by atoms with Gasteiger partial charge in [-0.1, -0.05) is 19.1 Å². The lowest BCUT2D eigenvalue weighted by atomic mass is 9.84. The third kappa shape index (κ3) is 1.97. The smallest absolute Gasteiger partial charge is 0.310 e. The quantitative estimate of drug-likeness (QED) is 0.908. The second-order valence-electron chi connectivity index (χ2n) is 6.63. The van der Waals surface area contributed by atoms with Crippen LogP contribution in [-0.2, 0) is 16.0 Å². The summed E-state index contributed by atoms with van der Waals surface area (Å²) in [6, 6.07) is 5.98. The Balaban J connectivity index is 1.72. The molecule has 0 radical (unpaired) electrons. The molecule has 4 unspecified atom stereocenters. The van der Waals surface area contributed by atoms with Crippen LogP contribution in [-0.4, -0.2) is 24.0 Å². The first-order valence-electron chi connectivity index (χ1n) is 7.86. The van der Waals surface area contributed by atoms with E-state index >= 15 is 0 Å². The van der Waals surface area contributed by atoms with Crippen molar-refractivity contribution in [2.45, 2.75) is 33.1 Å². The number of ether oxygens (including phenoxy) is 1. The summed E-state index contributed by atoms with van der Waals surface area (Å²) in [5.74, 6) is -0.0203. The molecule has 0 bridgehead atoms. The molecule has 118 valence electrons. The van der Waals surface area contributed by atoms with Gasteiger partial charge in [0.05, 0.1) is 12.5 Å². The maximum absolute atomic E-state index is 12.6. The summed E-state index contributed by atoms with van der Waals surface area (Å²) < 4.78 is 5.25. The molecule has 0 heterocycles. The first-order valence-corrected chi connectivity index (χ1v) is 7.86. The number of carbonyl (C=O) groups is 2. The average molecular weight is 302 g/mol. The minimum absolute atomic E-state index is 0.0261. The van der Waals surface area contributed by atoms with Crippen LogP contribution in [0.4, 0.5) is 0 Å². The van der Waals surface area contributed by atoms with Gasteiger partial charge in [-0.15, -0.1) is 0 Å². The van der Waals surface area contributed by atoms with E-state index in [1.165, 1.54) is 0 Å². The van der Waals surface area contributed by atoms with Gasteiger partial charge in [-0.2, -0.15) is 0 Å². The normalized spacial score (nSPS) is 32.7. The fraction of sp³-hybridized carbons (Fsp3) is 0.556. The second kappa shape index (κ2) is 5.11. The minimum atomic E-state index is -0.794. The molecule has 0 spiro atoms. The Labute approximate surface area is 130 Å². The number of carbonyl (C=O) groups excluding carboxylic acids is 1. The number of aryl methyl sites for hydroxylation is 1. The van der Waals surface area contributed by atoms with E-state index < -0.39 is 11.4 Å². The number of carboxylic acids is 1. The van der Waals surface area contributed by atoms with Gasteiger partial charge in [0.1, 0.15) is 11.5 Å². The van der Waals surface area contributed by atoms with Crippen molar-refractivity contribution in [3.8, 4) is 5.75 Å². The molecule has 4 heteroatoms. The molecular formula is C18H22O4. The summed E-state index contributed by atoms with van der Waals surface area (Å²) in [6.07, 6.45) is 1.97. The number of benzene rings is 1. The maximum Gasteiger partial charge on any atom is 0.310 e. The van der Waals surface area contributed by atoms with E-state index in [0.29, 0.717) is 19.3 Å². The van der Waals surface area contributed by atoms with Crippen molar-refractivity contribution in [2.75, 3.05) is 7.11 Å². The number of hydrogen-bond donors (Lipinski definition) is 1. The Kier molecular flexibility index (Phi) is 3.50. The highest BCUT2D eigenvalue weighted by molar-refractivity contribution is 5.98. The number of Topliss-reactive ketones (excluding diaryl/α,β-unsaturated/α-hetero) is 1. The standard InChI is InChI=1S/C18H22O4/c1-4-18(17(20)21)13-9-12(16(19)15(13)18)8-11-5-6-14(22-3)10(2)7-11/h5-7,12-13,15H,4,8-9H2,1-3H3,(H,20,21). The number of carboxylic acid groups (broad SMARTS) is 1. The predicted octanol–water partition coefficient (Wildman–Crippen LogP) is 2.86. The third-order valence-electron chi connectivity index (χ3n) is 5.68. The van der Waals surface area contributed by atoms with Gasteiger partial charge in [-0.05, 0) is 49.3 Å².